The summed E-state index contributed by atoms with van der Waals surface area (Å²) in [6, 6.07) is 12.9. The molecule has 0 bridgehead atoms. The number of amides is 2. The molecule has 2 aromatic rings. The zero-order valence-electron chi connectivity index (χ0n) is 18.2. The van der Waals surface area contributed by atoms with Gasteiger partial charge in [0, 0.05) is 25.1 Å². The summed E-state index contributed by atoms with van der Waals surface area (Å²) in [5, 5.41) is 2.91. The minimum atomic E-state index is -0.109. The van der Waals surface area contributed by atoms with Crippen LogP contribution in [0.15, 0.2) is 42.5 Å². The van der Waals surface area contributed by atoms with Gasteiger partial charge in [0.05, 0.1) is 26.0 Å². The third-order valence-electron chi connectivity index (χ3n) is 5.03. The highest BCUT2D eigenvalue weighted by molar-refractivity contribution is 5.97. The molecule has 0 aliphatic carbocycles. The molecule has 1 heterocycles. The van der Waals surface area contributed by atoms with Crippen molar-refractivity contribution < 1.29 is 23.8 Å². The molecule has 1 aliphatic rings. The molecule has 1 saturated heterocycles. The fourth-order valence-electron chi connectivity index (χ4n) is 3.52. The zero-order chi connectivity index (χ0) is 22.1. The van der Waals surface area contributed by atoms with Gasteiger partial charge >= 0.3 is 0 Å². The maximum atomic E-state index is 12.4. The van der Waals surface area contributed by atoms with Crippen molar-refractivity contribution in [1.29, 1.82) is 0 Å². The number of rotatable bonds is 10. The lowest BCUT2D eigenvalue weighted by atomic mass is 10.1. The maximum Gasteiger partial charge on any atom is 0.227 e. The zero-order valence-corrected chi connectivity index (χ0v) is 18.2. The summed E-state index contributed by atoms with van der Waals surface area (Å²) >= 11 is 0. The molecule has 3 rings (SSSR count). The smallest absolute Gasteiger partial charge is 0.227 e. The van der Waals surface area contributed by atoms with Gasteiger partial charge in [-0.3, -0.25) is 9.59 Å². The Morgan fingerprint density at radius 1 is 1.06 bits per heavy atom. The summed E-state index contributed by atoms with van der Waals surface area (Å²) in [7, 11) is 1.58. The van der Waals surface area contributed by atoms with Gasteiger partial charge in [0.1, 0.15) is 5.75 Å². The van der Waals surface area contributed by atoms with Crippen LogP contribution in [0, 0.1) is 0 Å². The minimum Gasteiger partial charge on any atom is -0.495 e. The van der Waals surface area contributed by atoms with Crippen LogP contribution in [0.1, 0.15) is 39.0 Å². The second kappa shape index (κ2) is 11.2. The molecule has 0 aromatic heterocycles. The lowest BCUT2D eigenvalue weighted by Crippen LogP contribution is -2.35. The fourth-order valence-corrected chi connectivity index (χ4v) is 3.52. The fraction of sp³-hybridized carbons (Fsp3) is 0.417. The van der Waals surface area contributed by atoms with Gasteiger partial charge in [-0.1, -0.05) is 12.1 Å². The summed E-state index contributed by atoms with van der Waals surface area (Å²) in [5.74, 6) is 1.97. The number of nitrogens with one attached hydrogen (secondary N) is 1. The van der Waals surface area contributed by atoms with Crippen molar-refractivity contribution in [2.45, 2.75) is 39.0 Å². The summed E-state index contributed by atoms with van der Waals surface area (Å²) in [4.78, 5) is 26.4. The van der Waals surface area contributed by atoms with E-state index in [2.05, 4.69) is 5.32 Å². The normalized spacial score (nSPS) is 13.6. The van der Waals surface area contributed by atoms with E-state index in [1.165, 1.54) is 0 Å². The predicted octanol–water partition coefficient (Wildman–Crippen LogP) is 4.41. The summed E-state index contributed by atoms with van der Waals surface area (Å²) in [6.07, 6.45) is 3.29. The lowest BCUT2D eigenvalue weighted by molar-refractivity contribution is -0.119. The highest BCUT2D eigenvalue weighted by Crippen LogP contribution is 2.33. The van der Waals surface area contributed by atoms with Crippen LogP contribution in [0.2, 0.25) is 0 Å². The van der Waals surface area contributed by atoms with Crippen LogP contribution >= 0.6 is 0 Å². The molecule has 0 atom stereocenters. The number of hydrogen-bond donors (Lipinski definition) is 1. The Bertz CT molecular complexity index is 899. The quantitative estimate of drug-likeness (QED) is 0.570. The summed E-state index contributed by atoms with van der Waals surface area (Å²) in [6.45, 7) is 3.56. The second-order valence-corrected chi connectivity index (χ2v) is 7.27. The molecule has 1 aliphatic heterocycles. The van der Waals surface area contributed by atoms with Gasteiger partial charge in [-0.25, -0.2) is 0 Å². The standard InChI is InChI=1S/C24H30N2O5/c1-3-30-21-9-4-5-10-22(21)31-16-8-11-23(27)25-18-13-14-20(29-2)19(17-18)26-15-7-6-12-24(26)28/h4-5,9-10,13-14,17H,3,6-8,11-12,15-16H2,1-2H3,(H,25,27). The molecule has 7 heteroatoms. The number of carbonyl (C=O) groups is 2. The van der Waals surface area contributed by atoms with E-state index in [0.717, 1.165) is 12.8 Å². The molecule has 0 saturated carbocycles. The Balaban J connectivity index is 1.53. The topological polar surface area (TPSA) is 77.1 Å². The van der Waals surface area contributed by atoms with Crippen LogP contribution in [0.25, 0.3) is 0 Å². The van der Waals surface area contributed by atoms with Gasteiger partial charge < -0.3 is 24.4 Å². The molecular formula is C24H30N2O5. The first-order valence-electron chi connectivity index (χ1n) is 10.7. The molecule has 2 aromatic carbocycles. The summed E-state index contributed by atoms with van der Waals surface area (Å²) in [5.41, 5.74) is 1.34. The minimum absolute atomic E-state index is 0.0810. The molecule has 2 amide bonds. The summed E-state index contributed by atoms with van der Waals surface area (Å²) < 4.78 is 16.7. The third kappa shape index (κ3) is 6.13. The van der Waals surface area contributed by atoms with Crippen molar-refractivity contribution in [3.05, 3.63) is 42.5 Å². The van der Waals surface area contributed by atoms with Gasteiger partial charge in [0.15, 0.2) is 11.5 Å². The molecule has 166 valence electrons. The van der Waals surface area contributed by atoms with Crippen molar-refractivity contribution in [3.63, 3.8) is 0 Å². The van der Waals surface area contributed by atoms with Crippen molar-refractivity contribution >= 4 is 23.2 Å². The van der Waals surface area contributed by atoms with E-state index in [9.17, 15) is 9.59 Å². The molecule has 31 heavy (non-hydrogen) atoms. The SMILES string of the molecule is CCOc1ccccc1OCCCC(=O)Nc1ccc(OC)c(N2CCCCC2=O)c1. The number of hydrogen-bond acceptors (Lipinski definition) is 5. The average molecular weight is 427 g/mol. The first-order valence-corrected chi connectivity index (χ1v) is 10.7. The van der Waals surface area contributed by atoms with Gasteiger partial charge in [-0.05, 0) is 56.5 Å². The van der Waals surface area contributed by atoms with E-state index in [1.807, 2.05) is 31.2 Å². The first kappa shape index (κ1) is 22.5. The number of para-hydroxylation sites is 2. The van der Waals surface area contributed by atoms with Crippen LogP contribution in [0.5, 0.6) is 17.2 Å². The van der Waals surface area contributed by atoms with Gasteiger partial charge in [0.2, 0.25) is 11.8 Å². The van der Waals surface area contributed by atoms with Crippen molar-refractivity contribution in [2.75, 3.05) is 37.1 Å². The number of nitrogens with zero attached hydrogens (tertiary/aromatic N) is 1. The molecule has 0 unspecified atom stereocenters. The van der Waals surface area contributed by atoms with Crippen molar-refractivity contribution in [1.82, 2.24) is 0 Å². The lowest BCUT2D eigenvalue weighted by Gasteiger charge is -2.28. The van der Waals surface area contributed by atoms with Crippen LogP contribution in [-0.2, 0) is 9.59 Å². The Morgan fingerprint density at radius 2 is 1.84 bits per heavy atom. The van der Waals surface area contributed by atoms with Gasteiger partial charge in [-0.2, -0.15) is 0 Å². The Hall–Kier alpha value is -3.22. The number of carbonyl (C=O) groups excluding carboxylic acids is 2. The van der Waals surface area contributed by atoms with Crippen LogP contribution in [0.3, 0.4) is 0 Å². The van der Waals surface area contributed by atoms with E-state index in [1.54, 1.807) is 30.2 Å². The number of piperidine rings is 1. The third-order valence-corrected chi connectivity index (χ3v) is 5.03. The molecular weight excluding hydrogens is 396 g/mol. The highest BCUT2D eigenvalue weighted by Gasteiger charge is 2.23. The molecule has 7 nitrogen and oxygen atoms in total. The number of ether oxygens (including phenoxy) is 3. The highest BCUT2D eigenvalue weighted by atomic mass is 16.5. The molecule has 0 radical (unpaired) electrons. The van der Waals surface area contributed by atoms with E-state index in [-0.39, 0.29) is 11.8 Å². The number of benzene rings is 2. The van der Waals surface area contributed by atoms with E-state index < -0.39 is 0 Å². The first-order chi connectivity index (χ1) is 15.1. The Kier molecular flexibility index (Phi) is 8.15. The molecule has 1 N–H and O–H groups in total. The van der Waals surface area contributed by atoms with Gasteiger partial charge in [0.25, 0.3) is 0 Å². The monoisotopic (exact) mass is 426 g/mol. The van der Waals surface area contributed by atoms with E-state index in [0.29, 0.717) is 67.6 Å². The molecule has 1 fully saturated rings. The maximum absolute atomic E-state index is 12.4. The van der Waals surface area contributed by atoms with Crippen LogP contribution in [-0.4, -0.2) is 38.7 Å². The predicted molar refractivity (Wildman–Crippen MR) is 120 cm³/mol. The number of methoxy groups -OCH3 is 1. The van der Waals surface area contributed by atoms with Crippen molar-refractivity contribution in [3.8, 4) is 17.2 Å². The second-order valence-electron chi connectivity index (χ2n) is 7.27. The van der Waals surface area contributed by atoms with Crippen LogP contribution < -0.4 is 24.4 Å². The van der Waals surface area contributed by atoms with E-state index >= 15 is 0 Å². The largest absolute Gasteiger partial charge is 0.495 e. The van der Waals surface area contributed by atoms with E-state index in [4.69, 9.17) is 14.2 Å². The van der Waals surface area contributed by atoms with Crippen LogP contribution in [0.4, 0.5) is 11.4 Å². The molecule has 0 spiro atoms. The number of anilines is 2. The Labute approximate surface area is 183 Å². The van der Waals surface area contributed by atoms with Crippen molar-refractivity contribution in [2.24, 2.45) is 0 Å². The Morgan fingerprint density at radius 3 is 2.55 bits per heavy atom. The van der Waals surface area contributed by atoms with Gasteiger partial charge in [-0.15, -0.1) is 0 Å². The average Bonchev–Trinajstić information content (AvgIpc) is 2.78.